The SMILES string of the molecule is CCOC(=O)Oc1c2c(nc3ccccc13)CCCC2. The average Bonchev–Trinajstić information content (AvgIpc) is 2.47. The molecule has 1 heterocycles. The van der Waals surface area contributed by atoms with Crippen LogP contribution in [0.1, 0.15) is 31.0 Å². The Bertz CT molecular complexity index is 651. The van der Waals surface area contributed by atoms with Crippen molar-refractivity contribution < 1.29 is 14.3 Å². The lowest BCUT2D eigenvalue weighted by atomic mass is 9.93. The topological polar surface area (TPSA) is 48.4 Å². The van der Waals surface area contributed by atoms with Crippen molar-refractivity contribution in [1.29, 1.82) is 0 Å². The number of benzene rings is 1. The second-order valence-corrected chi connectivity index (χ2v) is 4.88. The molecule has 1 aliphatic rings. The summed E-state index contributed by atoms with van der Waals surface area (Å²) in [6.45, 7) is 2.07. The van der Waals surface area contributed by atoms with Crippen LogP contribution in [0.4, 0.5) is 4.79 Å². The number of aryl methyl sites for hydroxylation is 1. The van der Waals surface area contributed by atoms with E-state index in [1.807, 2.05) is 24.3 Å². The monoisotopic (exact) mass is 271 g/mol. The Balaban J connectivity index is 2.13. The zero-order valence-corrected chi connectivity index (χ0v) is 11.5. The molecule has 4 nitrogen and oxygen atoms in total. The molecule has 0 spiro atoms. The average molecular weight is 271 g/mol. The second-order valence-electron chi connectivity index (χ2n) is 4.88. The van der Waals surface area contributed by atoms with Crippen molar-refractivity contribution >= 4 is 17.1 Å². The van der Waals surface area contributed by atoms with Crippen LogP contribution >= 0.6 is 0 Å². The summed E-state index contributed by atoms with van der Waals surface area (Å²) in [6.07, 6.45) is 3.45. The minimum atomic E-state index is -0.642. The van der Waals surface area contributed by atoms with Crippen molar-refractivity contribution in [3.63, 3.8) is 0 Å². The molecule has 0 aliphatic heterocycles. The van der Waals surface area contributed by atoms with Crippen LogP contribution in [0.5, 0.6) is 5.75 Å². The lowest BCUT2D eigenvalue weighted by Crippen LogP contribution is -2.15. The highest BCUT2D eigenvalue weighted by Crippen LogP contribution is 2.35. The van der Waals surface area contributed by atoms with E-state index in [2.05, 4.69) is 0 Å². The van der Waals surface area contributed by atoms with Crippen LogP contribution in [0.2, 0.25) is 0 Å². The van der Waals surface area contributed by atoms with Gasteiger partial charge in [0, 0.05) is 16.6 Å². The standard InChI is InChI=1S/C16H17NO3/c1-2-19-16(18)20-15-11-7-3-5-9-13(11)17-14-10-6-4-8-12(14)15/h3,5,7,9H,2,4,6,8,10H2,1H3. The van der Waals surface area contributed by atoms with E-state index in [0.717, 1.165) is 47.8 Å². The van der Waals surface area contributed by atoms with Crippen molar-refractivity contribution in [3.8, 4) is 5.75 Å². The molecule has 0 saturated carbocycles. The third-order valence-electron chi connectivity index (χ3n) is 3.56. The van der Waals surface area contributed by atoms with Gasteiger partial charge in [0.15, 0.2) is 0 Å². The molecule has 0 amide bonds. The van der Waals surface area contributed by atoms with E-state index in [1.165, 1.54) is 0 Å². The summed E-state index contributed by atoms with van der Waals surface area (Å²) in [7, 11) is 0. The van der Waals surface area contributed by atoms with Gasteiger partial charge in [-0.3, -0.25) is 4.98 Å². The molecule has 0 N–H and O–H groups in total. The molecule has 1 aromatic heterocycles. The van der Waals surface area contributed by atoms with Gasteiger partial charge in [0.1, 0.15) is 5.75 Å². The van der Waals surface area contributed by atoms with Crippen molar-refractivity contribution in [3.05, 3.63) is 35.5 Å². The number of nitrogens with zero attached hydrogens (tertiary/aromatic N) is 1. The predicted molar refractivity (Wildman–Crippen MR) is 76.0 cm³/mol. The largest absolute Gasteiger partial charge is 0.513 e. The van der Waals surface area contributed by atoms with Gasteiger partial charge in [-0.25, -0.2) is 4.79 Å². The maximum atomic E-state index is 11.7. The van der Waals surface area contributed by atoms with E-state index in [1.54, 1.807) is 6.92 Å². The normalized spacial score (nSPS) is 13.8. The number of carbonyl (C=O) groups is 1. The molecule has 1 aromatic carbocycles. The summed E-state index contributed by atoms with van der Waals surface area (Å²) in [6, 6.07) is 7.75. The quantitative estimate of drug-likeness (QED) is 0.782. The van der Waals surface area contributed by atoms with Crippen LogP contribution < -0.4 is 4.74 Å². The summed E-state index contributed by atoms with van der Waals surface area (Å²) in [4.78, 5) is 16.4. The van der Waals surface area contributed by atoms with Crippen molar-refractivity contribution in [2.24, 2.45) is 0 Å². The highest BCUT2D eigenvalue weighted by atomic mass is 16.7. The molecule has 20 heavy (non-hydrogen) atoms. The van der Waals surface area contributed by atoms with Crippen molar-refractivity contribution in [2.75, 3.05) is 6.61 Å². The molecule has 3 rings (SSSR count). The Kier molecular flexibility index (Phi) is 3.54. The zero-order valence-electron chi connectivity index (χ0n) is 11.5. The molecule has 2 aromatic rings. The number of aromatic nitrogens is 1. The maximum Gasteiger partial charge on any atom is 0.513 e. The predicted octanol–water partition coefficient (Wildman–Crippen LogP) is 3.65. The van der Waals surface area contributed by atoms with Gasteiger partial charge in [-0.2, -0.15) is 0 Å². The van der Waals surface area contributed by atoms with Gasteiger partial charge in [0.2, 0.25) is 0 Å². The molecule has 1 aliphatic carbocycles. The van der Waals surface area contributed by atoms with Gasteiger partial charge in [-0.1, -0.05) is 12.1 Å². The third kappa shape index (κ3) is 2.33. The Morgan fingerprint density at radius 2 is 2.05 bits per heavy atom. The fourth-order valence-electron chi connectivity index (χ4n) is 2.68. The van der Waals surface area contributed by atoms with E-state index in [-0.39, 0.29) is 0 Å². The number of para-hydroxylation sites is 1. The van der Waals surface area contributed by atoms with E-state index < -0.39 is 6.16 Å². The van der Waals surface area contributed by atoms with Crippen LogP contribution in [-0.2, 0) is 17.6 Å². The summed E-state index contributed by atoms with van der Waals surface area (Å²) >= 11 is 0. The van der Waals surface area contributed by atoms with Gasteiger partial charge in [-0.05, 0) is 44.7 Å². The molecule has 0 fully saturated rings. The fourth-order valence-corrected chi connectivity index (χ4v) is 2.68. The first-order valence-electron chi connectivity index (χ1n) is 7.04. The fraction of sp³-hybridized carbons (Fsp3) is 0.375. The number of hydrogen-bond donors (Lipinski definition) is 0. The highest BCUT2D eigenvalue weighted by Gasteiger charge is 2.21. The number of ether oxygens (including phenoxy) is 2. The Morgan fingerprint density at radius 1 is 1.25 bits per heavy atom. The van der Waals surface area contributed by atoms with E-state index in [9.17, 15) is 4.79 Å². The van der Waals surface area contributed by atoms with E-state index in [4.69, 9.17) is 14.5 Å². The molecule has 4 heteroatoms. The van der Waals surface area contributed by atoms with Crippen LogP contribution in [0.15, 0.2) is 24.3 Å². The van der Waals surface area contributed by atoms with Crippen molar-refractivity contribution in [1.82, 2.24) is 4.98 Å². The van der Waals surface area contributed by atoms with Gasteiger partial charge in [0.25, 0.3) is 0 Å². The van der Waals surface area contributed by atoms with Gasteiger partial charge in [0.05, 0.1) is 12.1 Å². The number of pyridine rings is 1. The smallest absolute Gasteiger partial charge is 0.434 e. The minimum Gasteiger partial charge on any atom is -0.434 e. The molecular formula is C16H17NO3. The molecule has 0 atom stereocenters. The third-order valence-corrected chi connectivity index (χ3v) is 3.56. The van der Waals surface area contributed by atoms with Crippen LogP contribution in [-0.4, -0.2) is 17.7 Å². The number of carbonyl (C=O) groups excluding carboxylic acids is 1. The summed E-state index contributed by atoms with van der Waals surface area (Å²) in [5.74, 6) is 0.628. The molecular weight excluding hydrogens is 254 g/mol. The molecule has 0 unspecified atom stereocenters. The lowest BCUT2D eigenvalue weighted by Gasteiger charge is -2.19. The zero-order chi connectivity index (χ0) is 13.9. The first-order chi connectivity index (χ1) is 9.79. The maximum absolute atomic E-state index is 11.7. The second kappa shape index (κ2) is 5.49. The number of fused-ring (bicyclic) bond motifs is 2. The van der Waals surface area contributed by atoms with Gasteiger partial charge in [-0.15, -0.1) is 0 Å². The molecule has 104 valence electrons. The molecule has 0 radical (unpaired) electrons. The van der Waals surface area contributed by atoms with Crippen LogP contribution in [0.3, 0.4) is 0 Å². The highest BCUT2D eigenvalue weighted by molar-refractivity contribution is 5.88. The summed E-state index contributed by atoms with van der Waals surface area (Å²) in [5.41, 5.74) is 2.98. The summed E-state index contributed by atoms with van der Waals surface area (Å²) < 4.78 is 10.4. The van der Waals surface area contributed by atoms with Gasteiger partial charge < -0.3 is 9.47 Å². The number of rotatable bonds is 2. The van der Waals surface area contributed by atoms with E-state index >= 15 is 0 Å². The Morgan fingerprint density at radius 3 is 2.90 bits per heavy atom. The number of hydrogen-bond acceptors (Lipinski definition) is 4. The van der Waals surface area contributed by atoms with Crippen LogP contribution in [0.25, 0.3) is 10.9 Å². The summed E-state index contributed by atoms with van der Waals surface area (Å²) in [5, 5.41) is 0.876. The Labute approximate surface area is 117 Å². The Hall–Kier alpha value is -2.10. The lowest BCUT2D eigenvalue weighted by molar-refractivity contribution is 0.104. The van der Waals surface area contributed by atoms with E-state index in [0.29, 0.717) is 12.4 Å². The van der Waals surface area contributed by atoms with Gasteiger partial charge >= 0.3 is 6.16 Å². The minimum absolute atomic E-state index is 0.310. The van der Waals surface area contributed by atoms with Crippen LogP contribution in [0, 0.1) is 0 Å². The molecule has 0 bridgehead atoms. The van der Waals surface area contributed by atoms with Crippen molar-refractivity contribution in [2.45, 2.75) is 32.6 Å². The first kappa shape index (κ1) is 12.9. The molecule has 0 saturated heterocycles. The first-order valence-corrected chi connectivity index (χ1v) is 7.04.